The van der Waals surface area contributed by atoms with Gasteiger partial charge in [0.25, 0.3) is 0 Å². The Morgan fingerprint density at radius 1 is 0.345 bits per heavy atom. The summed E-state index contributed by atoms with van der Waals surface area (Å²) in [4.78, 5) is 105. The Kier molecular flexibility index (Phi) is 23.1. The van der Waals surface area contributed by atoms with Gasteiger partial charge in [0, 0.05) is 153 Å². The van der Waals surface area contributed by atoms with Gasteiger partial charge in [-0.15, -0.1) is 0 Å². The molecule has 15 heterocycles. The lowest BCUT2D eigenvalue weighted by molar-refractivity contribution is -0.117. The maximum Gasteiger partial charge on any atom is 0.229 e. The SMILES string of the molecule is C.C.C.CCCC(=O)Nc1nccc(-c2ccc3[nH]nc(-c4nc5c(-c6cccnc6)cncc5[nH]4)c3c2)n1.CCCCC(=O)Nc1cncc(-c2ccc3[nH]nc(-c4nc5c(-c6cccnc6)cncc5[nH]4)c3c2)c1.O=C(Cc1ccccc1)Nc1cncc(-c2ccc3[nH]nc(-c4nc5c(-c6cccnc6)cncc5[nH]4)c3c2)c1. The minimum atomic E-state index is -0.104. The number of hydrogen-bond donors (Lipinski definition) is 9. The van der Waals surface area contributed by atoms with Gasteiger partial charge in [0.05, 0.1) is 87.6 Å². The maximum atomic E-state index is 12.6. The van der Waals surface area contributed by atoms with E-state index in [2.05, 4.69) is 124 Å². The van der Waals surface area contributed by atoms with Crippen LogP contribution in [0.1, 0.15) is 73.8 Å². The van der Waals surface area contributed by atoms with Crippen LogP contribution in [0.15, 0.2) is 245 Å². The summed E-state index contributed by atoms with van der Waals surface area (Å²) in [7, 11) is 0. The number of rotatable bonds is 19. The molecule has 19 aromatic rings. The van der Waals surface area contributed by atoms with Crippen molar-refractivity contribution in [1.82, 2.24) is 110 Å². The summed E-state index contributed by atoms with van der Waals surface area (Å²) in [5, 5.41) is 34.3. The zero-order valence-corrected chi connectivity index (χ0v) is 60.7. The number of aromatic amines is 6. The molecule has 0 unspecified atom stereocenters. The number of hydrogen-bond acceptors (Lipinski definition) is 19. The molecular weight excluding hydrogens is 1460 g/mol. The molecule has 4 aromatic carbocycles. The molecule has 116 heavy (non-hydrogen) atoms. The van der Waals surface area contributed by atoms with E-state index < -0.39 is 0 Å². The van der Waals surface area contributed by atoms with E-state index in [0.717, 1.165) is 152 Å². The smallest absolute Gasteiger partial charge is 0.229 e. The molecule has 3 amide bonds. The Labute approximate surface area is 664 Å². The molecule has 0 radical (unpaired) electrons. The van der Waals surface area contributed by atoms with Crippen molar-refractivity contribution in [3.63, 3.8) is 0 Å². The van der Waals surface area contributed by atoms with E-state index in [1.807, 2.05) is 140 Å². The zero-order valence-electron chi connectivity index (χ0n) is 60.7. The van der Waals surface area contributed by atoms with Gasteiger partial charge in [-0.05, 0) is 102 Å². The number of amides is 3. The van der Waals surface area contributed by atoms with Crippen LogP contribution in [0.3, 0.4) is 0 Å². The van der Waals surface area contributed by atoms with Crippen molar-refractivity contribution in [1.29, 1.82) is 0 Å². The first-order valence-electron chi connectivity index (χ1n) is 36.5. The Balaban J connectivity index is 0.000000142. The average molecular weight is 1530 g/mol. The van der Waals surface area contributed by atoms with E-state index in [9.17, 15) is 14.4 Å². The standard InChI is InChI=1S/C31H22N8O.C28H24N8O.C26H21N9O.3CH4/c40-28(11-19-5-2-1-3-6-19)35-23-12-22(15-33-16-23)20-8-9-26-24(13-20)30(39-38-26)31-36-27-18-34-17-25(29(27)37-31)21-7-4-10-32-14-21;1-2-3-6-25(37)32-20-10-19(13-30-14-20)17-7-8-23-21(11-17)27(36-35-23)28-33-24-16-31-15-22(26(24)34-28)18-5-4-9-29-12-18;1-2-4-22(36)32-26-29-10-8-19(31-26)15-6-7-20-17(11-15)24(35-34-20)25-30-21-14-28-13-18(23(21)33-25)16-5-3-9-27-12-16;;;/h1-10,12-18H,11H2,(H,35,40)(H,36,37)(H,38,39);4-5,7-16H,2-3,6H2,1H3,(H,32,37)(H,33,34)(H,35,36);3,5-14H,2,4H2,1H3,(H,30,33)(H,34,35)(H,29,31,32,36);3*1H4. The monoisotopic (exact) mass is 1530 g/mol. The van der Waals surface area contributed by atoms with Gasteiger partial charge in [-0.25, -0.2) is 24.9 Å². The Hall–Kier alpha value is -15.6. The van der Waals surface area contributed by atoms with Crippen molar-refractivity contribution in [3.05, 3.63) is 250 Å². The van der Waals surface area contributed by atoms with Crippen LogP contribution in [0.25, 0.3) is 167 Å². The van der Waals surface area contributed by atoms with Crippen molar-refractivity contribution < 1.29 is 14.4 Å². The lowest BCUT2D eigenvalue weighted by atomic mass is 10.0. The maximum absolute atomic E-state index is 12.6. The van der Waals surface area contributed by atoms with Gasteiger partial charge in [-0.3, -0.25) is 74.9 Å². The lowest BCUT2D eigenvalue weighted by Gasteiger charge is -2.08. The molecule has 28 heteroatoms. The first kappa shape index (κ1) is 77.1. The molecule has 574 valence electrons. The highest BCUT2D eigenvalue weighted by Crippen LogP contribution is 2.38. The molecule has 0 saturated heterocycles. The third-order valence-electron chi connectivity index (χ3n) is 18.8. The van der Waals surface area contributed by atoms with E-state index in [1.54, 1.807) is 105 Å². The summed E-state index contributed by atoms with van der Waals surface area (Å²) in [5.41, 5.74) is 22.6. The zero-order chi connectivity index (χ0) is 76.6. The number of nitrogens with zero attached hydrogens (tertiary/aromatic N) is 16. The summed E-state index contributed by atoms with van der Waals surface area (Å²) in [6, 6.07) is 44.9. The van der Waals surface area contributed by atoms with Gasteiger partial charge in [0.15, 0.2) is 17.5 Å². The molecule has 0 fully saturated rings. The summed E-state index contributed by atoms with van der Waals surface area (Å²) in [6.07, 6.45) is 33.6. The van der Waals surface area contributed by atoms with Crippen LogP contribution in [0, 0.1) is 0 Å². The van der Waals surface area contributed by atoms with E-state index >= 15 is 0 Å². The molecule has 9 N–H and O–H groups in total. The molecule has 19 rings (SSSR count). The second-order valence-corrected chi connectivity index (χ2v) is 26.6. The highest BCUT2D eigenvalue weighted by molar-refractivity contribution is 6.02. The molecule has 0 aliphatic carbocycles. The van der Waals surface area contributed by atoms with Crippen molar-refractivity contribution in [2.24, 2.45) is 0 Å². The quantitative estimate of drug-likeness (QED) is 0.0363. The lowest BCUT2D eigenvalue weighted by Crippen LogP contribution is -2.14. The van der Waals surface area contributed by atoms with Gasteiger partial charge < -0.3 is 25.6 Å². The van der Waals surface area contributed by atoms with E-state index in [0.29, 0.717) is 70.9 Å². The largest absolute Gasteiger partial charge is 0.335 e. The number of pyridine rings is 8. The van der Waals surface area contributed by atoms with Crippen LogP contribution in [0.4, 0.5) is 17.3 Å². The number of fused-ring (bicyclic) bond motifs is 6. The number of benzene rings is 4. The first-order valence-corrected chi connectivity index (χ1v) is 36.5. The van der Waals surface area contributed by atoms with Gasteiger partial charge in [-0.1, -0.05) is 109 Å². The van der Waals surface area contributed by atoms with E-state index in [1.165, 1.54) is 0 Å². The van der Waals surface area contributed by atoms with E-state index in [4.69, 9.17) is 15.0 Å². The predicted octanol–water partition coefficient (Wildman–Crippen LogP) is 18.2. The minimum absolute atomic E-state index is 0. The van der Waals surface area contributed by atoms with Crippen molar-refractivity contribution in [3.8, 4) is 101 Å². The van der Waals surface area contributed by atoms with Crippen LogP contribution in [-0.2, 0) is 20.8 Å². The molecule has 0 aliphatic heterocycles. The number of H-pyrrole nitrogens is 6. The fourth-order valence-electron chi connectivity index (χ4n) is 13.3. The summed E-state index contributed by atoms with van der Waals surface area (Å²) >= 11 is 0. The van der Waals surface area contributed by atoms with Crippen LogP contribution in [-0.4, -0.2) is 128 Å². The molecule has 0 bridgehead atoms. The molecule has 0 saturated carbocycles. The third kappa shape index (κ3) is 16.6. The normalized spacial score (nSPS) is 10.9. The summed E-state index contributed by atoms with van der Waals surface area (Å²) in [5.74, 6) is 1.99. The fraction of sp³-hybridized carbons (Fsp3) is 0.125. The van der Waals surface area contributed by atoms with Gasteiger partial charge in [0.1, 0.15) is 33.6 Å². The summed E-state index contributed by atoms with van der Waals surface area (Å²) < 4.78 is 0. The number of nitrogens with one attached hydrogen (secondary N) is 9. The topological polar surface area (TPSA) is 388 Å². The Morgan fingerprint density at radius 3 is 1.21 bits per heavy atom. The van der Waals surface area contributed by atoms with Gasteiger partial charge >= 0.3 is 0 Å². The Bertz CT molecular complexity index is 6680. The highest BCUT2D eigenvalue weighted by Gasteiger charge is 2.22. The third-order valence-corrected chi connectivity index (χ3v) is 18.8. The fourth-order valence-corrected chi connectivity index (χ4v) is 13.3. The second-order valence-electron chi connectivity index (χ2n) is 26.6. The van der Waals surface area contributed by atoms with Crippen LogP contribution in [0.2, 0.25) is 0 Å². The number of imidazole rings is 3. The molecule has 15 aromatic heterocycles. The molecular formula is C88H79N25O3. The number of carbonyl (C=O) groups is 3. The van der Waals surface area contributed by atoms with Gasteiger partial charge in [0.2, 0.25) is 23.7 Å². The van der Waals surface area contributed by atoms with Gasteiger partial charge in [-0.2, -0.15) is 15.3 Å². The van der Waals surface area contributed by atoms with Crippen LogP contribution < -0.4 is 16.0 Å². The van der Waals surface area contributed by atoms with Crippen molar-refractivity contribution in [2.75, 3.05) is 16.0 Å². The number of carbonyl (C=O) groups excluding carboxylic acids is 3. The molecule has 0 atom stereocenters. The van der Waals surface area contributed by atoms with Crippen LogP contribution in [0.5, 0.6) is 0 Å². The summed E-state index contributed by atoms with van der Waals surface area (Å²) in [6.45, 7) is 4.02. The van der Waals surface area contributed by atoms with Crippen molar-refractivity contribution in [2.45, 2.75) is 74.7 Å². The van der Waals surface area contributed by atoms with E-state index in [-0.39, 0.29) is 45.9 Å². The first-order chi connectivity index (χ1) is 55.6. The number of unbranched alkanes of at least 4 members (excludes halogenated alkanes) is 1. The minimum Gasteiger partial charge on any atom is -0.335 e. The predicted molar refractivity (Wildman–Crippen MR) is 455 cm³/mol. The van der Waals surface area contributed by atoms with Crippen molar-refractivity contribution >= 4 is 101 Å². The molecule has 0 aliphatic rings. The van der Waals surface area contributed by atoms with Crippen LogP contribution >= 0.6 is 0 Å². The average Bonchev–Trinajstić information content (AvgIpc) is 1.62. The number of anilines is 3. The Morgan fingerprint density at radius 2 is 0.767 bits per heavy atom. The molecule has 28 nitrogen and oxygen atoms in total. The second kappa shape index (κ2) is 34.8. The number of aromatic nitrogens is 22. The molecule has 0 spiro atoms. The highest BCUT2D eigenvalue weighted by atomic mass is 16.2.